The molecule has 156 valence electrons. The third-order valence-corrected chi connectivity index (χ3v) is 5.36. The number of rotatable bonds is 9. The van der Waals surface area contributed by atoms with E-state index in [1.165, 1.54) is 12.1 Å². The van der Waals surface area contributed by atoms with Crippen LogP contribution in [0.1, 0.15) is 18.1 Å². The van der Waals surface area contributed by atoms with Crippen molar-refractivity contribution in [3.63, 3.8) is 0 Å². The number of hydrogen-bond acceptors (Lipinski definition) is 5. The van der Waals surface area contributed by atoms with Gasteiger partial charge >= 0.3 is 0 Å². The molecule has 0 amide bonds. The molecule has 0 fully saturated rings. The Hall–Kier alpha value is -2.58. The van der Waals surface area contributed by atoms with E-state index in [2.05, 4.69) is 37.2 Å². The average molecular weight is 536 g/mol. The molecule has 0 aliphatic rings. The highest BCUT2D eigenvalue weighted by atomic mass is 79.9. The molecule has 0 bridgehead atoms. The molecule has 0 unspecified atom stereocenters. The van der Waals surface area contributed by atoms with E-state index in [0.717, 1.165) is 25.8 Å². The molecule has 0 aliphatic carbocycles. The van der Waals surface area contributed by atoms with Gasteiger partial charge in [-0.05, 0) is 82.5 Å². The summed E-state index contributed by atoms with van der Waals surface area (Å²) >= 11 is 7.01. The fourth-order valence-electron chi connectivity index (χ4n) is 2.77. The third-order valence-electron chi connectivity index (χ3n) is 4.24. The van der Waals surface area contributed by atoms with Crippen LogP contribution in [0.2, 0.25) is 0 Å². The van der Waals surface area contributed by atoms with Crippen LogP contribution < -0.4 is 14.8 Å². The van der Waals surface area contributed by atoms with E-state index < -0.39 is 4.92 Å². The van der Waals surface area contributed by atoms with Crippen LogP contribution in [0.15, 0.2) is 69.6 Å². The lowest BCUT2D eigenvalue weighted by Gasteiger charge is -2.16. The Kier molecular flexibility index (Phi) is 7.70. The fourth-order valence-corrected chi connectivity index (χ4v) is 3.64. The van der Waals surface area contributed by atoms with Crippen LogP contribution in [0.4, 0.5) is 11.4 Å². The molecule has 0 aromatic heterocycles. The van der Waals surface area contributed by atoms with Gasteiger partial charge in [-0.25, -0.2) is 0 Å². The number of hydrogen-bond donors (Lipinski definition) is 1. The molecular formula is C22H20Br2N2O4. The highest BCUT2D eigenvalue weighted by Crippen LogP contribution is 2.37. The first-order chi connectivity index (χ1) is 14.5. The predicted octanol–water partition coefficient (Wildman–Crippen LogP) is 6.71. The summed E-state index contributed by atoms with van der Waals surface area (Å²) in [5.74, 6) is 1.24. The number of nitrogens with one attached hydrogen (secondary N) is 1. The molecule has 0 saturated carbocycles. The second-order valence-corrected chi connectivity index (χ2v) is 8.18. The van der Waals surface area contributed by atoms with E-state index in [1.807, 2.05) is 43.3 Å². The minimum atomic E-state index is -0.421. The molecule has 30 heavy (non-hydrogen) atoms. The van der Waals surface area contributed by atoms with Crippen molar-refractivity contribution in [2.24, 2.45) is 0 Å². The number of ether oxygens (including phenoxy) is 2. The Morgan fingerprint density at radius 1 is 0.967 bits per heavy atom. The summed E-state index contributed by atoms with van der Waals surface area (Å²) in [5, 5.41) is 14.2. The highest BCUT2D eigenvalue weighted by molar-refractivity contribution is 9.10. The highest BCUT2D eigenvalue weighted by Gasteiger charge is 2.13. The maximum absolute atomic E-state index is 10.8. The summed E-state index contributed by atoms with van der Waals surface area (Å²) < 4.78 is 13.6. The molecule has 3 aromatic rings. The Morgan fingerprint density at radius 2 is 1.67 bits per heavy atom. The van der Waals surface area contributed by atoms with Crippen LogP contribution >= 0.6 is 31.9 Å². The van der Waals surface area contributed by atoms with Crippen LogP contribution in [0.3, 0.4) is 0 Å². The lowest BCUT2D eigenvalue weighted by atomic mass is 10.2. The summed E-state index contributed by atoms with van der Waals surface area (Å²) in [4.78, 5) is 10.4. The van der Waals surface area contributed by atoms with Crippen LogP contribution in [0.5, 0.6) is 11.5 Å². The van der Waals surface area contributed by atoms with Crippen molar-refractivity contribution < 1.29 is 14.4 Å². The number of halogens is 2. The average Bonchev–Trinajstić information content (AvgIpc) is 2.73. The Bertz CT molecular complexity index is 1010. The molecule has 3 rings (SSSR count). The molecule has 1 N–H and O–H groups in total. The summed E-state index contributed by atoms with van der Waals surface area (Å²) in [6.07, 6.45) is 0. The van der Waals surface area contributed by atoms with E-state index >= 15 is 0 Å². The number of nitro groups is 1. The van der Waals surface area contributed by atoms with Gasteiger partial charge in [-0.2, -0.15) is 0 Å². The molecule has 0 radical (unpaired) electrons. The van der Waals surface area contributed by atoms with Crippen molar-refractivity contribution in [1.29, 1.82) is 0 Å². The molecule has 6 nitrogen and oxygen atoms in total. The molecule has 8 heteroatoms. The number of nitro benzene ring substituents is 1. The Balaban J connectivity index is 1.72. The van der Waals surface area contributed by atoms with Gasteiger partial charge in [-0.15, -0.1) is 0 Å². The minimum Gasteiger partial charge on any atom is -0.490 e. The first-order valence-electron chi connectivity index (χ1n) is 9.27. The van der Waals surface area contributed by atoms with E-state index in [4.69, 9.17) is 9.47 Å². The minimum absolute atomic E-state index is 0.0533. The normalized spacial score (nSPS) is 10.5. The van der Waals surface area contributed by atoms with Crippen LogP contribution in [-0.2, 0) is 13.2 Å². The number of nitrogens with zero attached hydrogens (tertiary/aromatic N) is 1. The third kappa shape index (κ3) is 5.96. The molecule has 3 aromatic carbocycles. The van der Waals surface area contributed by atoms with E-state index in [0.29, 0.717) is 24.7 Å². The van der Waals surface area contributed by atoms with Gasteiger partial charge < -0.3 is 14.8 Å². The van der Waals surface area contributed by atoms with Gasteiger partial charge in [0.2, 0.25) is 0 Å². The van der Waals surface area contributed by atoms with Gasteiger partial charge in [-0.1, -0.05) is 15.9 Å². The van der Waals surface area contributed by atoms with Crippen molar-refractivity contribution in [3.8, 4) is 11.5 Å². The second kappa shape index (κ2) is 10.4. The predicted molar refractivity (Wildman–Crippen MR) is 124 cm³/mol. The maximum Gasteiger partial charge on any atom is 0.269 e. The zero-order valence-electron chi connectivity index (χ0n) is 16.2. The van der Waals surface area contributed by atoms with E-state index in [-0.39, 0.29) is 12.3 Å². The Labute approximate surface area is 191 Å². The van der Waals surface area contributed by atoms with Crippen molar-refractivity contribution in [3.05, 3.63) is 90.9 Å². The number of non-ortho nitro benzene ring substituents is 1. The molecular weight excluding hydrogens is 516 g/mol. The van der Waals surface area contributed by atoms with Crippen molar-refractivity contribution >= 4 is 43.2 Å². The second-order valence-electron chi connectivity index (χ2n) is 6.41. The van der Waals surface area contributed by atoms with Gasteiger partial charge in [0.1, 0.15) is 6.61 Å². The zero-order valence-corrected chi connectivity index (χ0v) is 19.4. The summed E-state index contributed by atoms with van der Waals surface area (Å²) in [6.45, 7) is 3.32. The van der Waals surface area contributed by atoms with Crippen molar-refractivity contribution in [2.75, 3.05) is 11.9 Å². The molecule has 0 heterocycles. The first kappa shape index (κ1) is 22.1. The maximum atomic E-state index is 10.8. The smallest absolute Gasteiger partial charge is 0.269 e. The van der Waals surface area contributed by atoms with Crippen LogP contribution in [-0.4, -0.2) is 11.5 Å². The molecule has 0 aliphatic heterocycles. The fraction of sp³-hybridized carbons (Fsp3) is 0.182. The van der Waals surface area contributed by atoms with E-state index in [1.54, 1.807) is 12.1 Å². The molecule has 0 spiro atoms. The monoisotopic (exact) mass is 534 g/mol. The van der Waals surface area contributed by atoms with Crippen molar-refractivity contribution in [2.45, 2.75) is 20.1 Å². The van der Waals surface area contributed by atoms with Crippen LogP contribution in [0, 0.1) is 10.1 Å². The van der Waals surface area contributed by atoms with Gasteiger partial charge in [-0.3, -0.25) is 10.1 Å². The largest absolute Gasteiger partial charge is 0.490 e. The summed E-state index contributed by atoms with van der Waals surface area (Å²) in [6, 6.07) is 18.2. The quantitative estimate of drug-likeness (QED) is 0.243. The number of anilines is 1. The molecule has 0 atom stereocenters. The van der Waals surface area contributed by atoms with E-state index in [9.17, 15) is 10.1 Å². The topological polar surface area (TPSA) is 73.6 Å². The number of benzene rings is 3. The van der Waals surface area contributed by atoms with Gasteiger partial charge in [0.05, 0.1) is 16.0 Å². The van der Waals surface area contributed by atoms with Gasteiger partial charge in [0.15, 0.2) is 11.5 Å². The lowest BCUT2D eigenvalue weighted by Crippen LogP contribution is -2.04. The Morgan fingerprint density at radius 3 is 2.30 bits per heavy atom. The standard InChI is InChI=1S/C22H20Br2N2O4/c1-2-29-21-12-16(13-25-18-7-5-17(23)6-8-18)11-20(24)22(21)30-14-15-3-9-19(10-4-15)26(27)28/h3-12,25H,2,13-14H2,1H3. The van der Waals surface area contributed by atoms with Crippen LogP contribution in [0.25, 0.3) is 0 Å². The zero-order chi connectivity index (χ0) is 21.5. The molecule has 0 saturated heterocycles. The van der Waals surface area contributed by atoms with Gasteiger partial charge in [0.25, 0.3) is 5.69 Å². The van der Waals surface area contributed by atoms with Gasteiger partial charge in [0, 0.05) is 28.8 Å². The SMILES string of the molecule is CCOc1cc(CNc2ccc(Br)cc2)cc(Br)c1OCc1ccc([N+](=O)[O-])cc1. The summed E-state index contributed by atoms with van der Waals surface area (Å²) in [7, 11) is 0. The summed E-state index contributed by atoms with van der Waals surface area (Å²) in [5.41, 5.74) is 2.94. The first-order valence-corrected chi connectivity index (χ1v) is 10.9. The van der Waals surface area contributed by atoms with Crippen molar-refractivity contribution in [1.82, 2.24) is 0 Å². The lowest BCUT2D eigenvalue weighted by molar-refractivity contribution is -0.384.